The van der Waals surface area contributed by atoms with Gasteiger partial charge in [-0.15, -0.1) is 23.2 Å². The maximum absolute atomic E-state index is 16.5. The van der Waals surface area contributed by atoms with Crippen LogP contribution in [0.5, 0.6) is 23.0 Å². The molecular formula is C83H127Cl2N11O26S. The normalized spacial score (nSPS) is 38.0. The minimum atomic E-state index is -4.08. The van der Waals surface area contributed by atoms with Gasteiger partial charge in [0.15, 0.2) is 17.8 Å². The van der Waals surface area contributed by atoms with Crippen molar-refractivity contribution in [2.75, 3.05) is 39.9 Å². The lowest BCUT2D eigenvalue weighted by Crippen LogP contribution is -2.66. The van der Waals surface area contributed by atoms with Crippen molar-refractivity contribution >= 4 is 80.5 Å². The van der Waals surface area contributed by atoms with Crippen LogP contribution in [0.3, 0.4) is 0 Å². The Labute approximate surface area is 725 Å². The molecule has 2 aromatic carbocycles. The third-order valence-electron chi connectivity index (χ3n) is 26.6. The molecule has 11 bridgehead atoms. The van der Waals surface area contributed by atoms with Gasteiger partial charge in [0.05, 0.1) is 83.6 Å². The van der Waals surface area contributed by atoms with E-state index < -0.39 is 268 Å². The van der Waals surface area contributed by atoms with E-state index in [1.807, 2.05) is 13.8 Å². The number of alkyl halides is 2. The summed E-state index contributed by atoms with van der Waals surface area (Å²) in [4.78, 5) is 120. The highest BCUT2D eigenvalue weighted by atomic mass is 35.5. The summed E-state index contributed by atoms with van der Waals surface area (Å²) in [5.41, 5.74) is 10.9. The maximum Gasteiger partial charge on any atom is 0.326 e. The SMILES string of the molecule is CCCCCCCOc1ccc(S(=O)(=O)NCCNCC2C(O)C3C4C[C@H](CC[C@H]4O)[C@H]4NC(=O)[C@@H]5NC(=O)[C@H](CC(N)=O)NC(=O)[C@H](NC(=O)[C@@H](CC(C)C)NC)[C@H](O)[C@H]6CC[C@@H](Oc7cc5cc(c7O[C@@H]5C[C@H](CO)[C@@H](O)[C@H](O)[C@H]5O[C@H]5C[C@](C)(N)[C@H](O)[C@H](C)O5)O[C@@H]5CC[C@@H](C[C@@H]5Cl)[C@@H](O)[C@H](NC4=O)C(=O)N[C@H](C(=O)O)C3C[C@@H]2O)[C@H](Cl)C6)cc1. The highest BCUT2D eigenvalue weighted by Gasteiger charge is 2.57. The number of unbranched alkanes of at least 4 members (excludes halogenated alkanes) is 4. The molecule has 37 nitrogen and oxygen atoms in total. The fourth-order valence-corrected chi connectivity index (χ4v) is 21.5. The Balaban J connectivity index is 1.01. The molecule has 7 fully saturated rings. The van der Waals surface area contributed by atoms with Gasteiger partial charge < -0.3 is 133 Å². The number of sulfonamides is 1. The Morgan fingerprint density at radius 3 is 1.95 bits per heavy atom. The molecule has 5 aliphatic carbocycles. The molecule has 6 aliphatic heterocycles. The van der Waals surface area contributed by atoms with Crippen LogP contribution in [0.25, 0.3) is 0 Å². The van der Waals surface area contributed by atoms with Crippen molar-refractivity contribution in [2.24, 2.45) is 64.7 Å². The van der Waals surface area contributed by atoms with E-state index in [-0.39, 0.29) is 130 Å². The third kappa shape index (κ3) is 23.3. The van der Waals surface area contributed by atoms with Gasteiger partial charge in [0, 0.05) is 50.0 Å². The summed E-state index contributed by atoms with van der Waals surface area (Å²) in [6, 6.07) is -4.64. The van der Waals surface area contributed by atoms with Crippen molar-refractivity contribution < 1.29 is 126 Å². The first kappa shape index (κ1) is 97.0. The summed E-state index contributed by atoms with van der Waals surface area (Å²) < 4.78 is 69.3. The number of carboxylic acids is 1. The second-order valence-electron chi connectivity index (χ2n) is 35.9. The number of aliphatic hydroxyl groups is 9. The van der Waals surface area contributed by atoms with Gasteiger partial charge >= 0.3 is 5.97 Å². The summed E-state index contributed by atoms with van der Waals surface area (Å²) in [5.74, 6) is -19.8. The zero-order valence-electron chi connectivity index (χ0n) is 70.2. The highest BCUT2D eigenvalue weighted by Crippen LogP contribution is 2.51. The van der Waals surface area contributed by atoms with Crippen LogP contribution in [0.1, 0.15) is 168 Å². The van der Waals surface area contributed by atoms with Crippen LogP contribution in [0, 0.1) is 53.3 Å². The lowest BCUT2D eigenvalue weighted by molar-refractivity contribution is -0.286. The standard InChI is InChI=1S/C83H127Cl2N11O26S/c1-7-8-9-10-11-24-117-44-15-17-45(18-16-44)123(115,116)90-23-22-89-35-48-54(99)32-47-62(71(48)104)46-26-39(12-19-53(46)98)63-78(109)96-67(81(112)94-65(47)82(113)114)69(102)41-14-21-56(50(85)28-41)120-58-30-42-29-57(73(58)121-59-31-43(36-97)70(103)72(105)74(59)122-61-34-83(5,87)75(106)38(4)118-61)119-55-20-13-40(27-49(55)84)68(101)66(95-76(107)51(88-6)25-37(2)3)80(111)91-52(33-60(86)100)77(108)92-64(42)79(110)93-63/h15-18,29-30,37-41,43,46-56,59,61-72,74-75,88-90,97-99,101-106H,7-14,19-28,31-36,87H2,1-6H3,(H2,86,100)(H,91,111)(H,92,108)(H,93,110)(H,94,112)(H,95,107)(H,96,109)(H,113,114)/t38-,39-,40-,41-,43+,46?,47?,48?,49+,50-,51+,52-,53+,54-,55+,56+,59+,61-,62?,63+,64+,65-,66+,67-,68+,69+,70+,71?,72-,74-,75+,83-/m0/s1. The summed E-state index contributed by atoms with van der Waals surface area (Å²) in [5, 5.41) is 140. The van der Waals surface area contributed by atoms with E-state index in [1.54, 1.807) is 26.0 Å². The first-order chi connectivity index (χ1) is 58.3. The number of benzene rings is 2. The molecule has 6 heterocycles. The number of fused-ring (bicyclic) bond motifs is 15. The van der Waals surface area contributed by atoms with E-state index in [0.717, 1.165) is 32.1 Å². The number of nitrogens with two attached hydrogens (primary N) is 2. The third-order valence-corrected chi connectivity index (χ3v) is 29.0. The van der Waals surface area contributed by atoms with Gasteiger partial charge in [-0.1, -0.05) is 46.5 Å². The molecule has 0 spiro atoms. The molecule has 40 heteroatoms. The van der Waals surface area contributed by atoms with Crippen molar-refractivity contribution in [3.63, 3.8) is 0 Å². The Kier molecular flexibility index (Phi) is 33.5. The van der Waals surface area contributed by atoms with Crippen molar-refractivity contribution in [3.8, 4) is 23.0 Å². The van der Waals surface area contributed by atoms with Crippen molar-refractivity contribution in [2.45, 2.75) is 306 Å². The number of hydrogen-bond acceptors (Lipinski definition) is 28. The van der Waals surface area contributed by atoms with E-state index in [4.69, 9.17) is 63.1 Å². The lowest BCUT2D eigenvalue weighted by atomic mass is 9.58. The second-order valence-corrected chi connectivity index (χ2v) is 38.8. The van der Waals surface area contributed by atoms with Crippen molar-refractivity contribution in [1.29, 1.82) is 0 Å². The number of hydrogen-bond donors (Lipinski definition) is 21. The number of carboxylic acid groups (broad SMARTS) is 1. The van der Waals surface area contributed by atoms with Gasteiger partial charge in [0.25, 0.3) is 0 Å². The van der Waals surface area contributed by atoms with Gasteiger partial charge in [-0.25, -0.2) is 17.9 Å². The average Bonchev–Trinajstić information content (AvgIpc) is 0.766. The second kappa shape index (κ2) is 42.5. The van der Waals surface area contributed by atoms with Crippen LogP contribution >= 0.6 is 23.2 Å². The van der Waals surface area contributed by atoms with E-state index in [0.29, 0.717) is 12.4 Å². The Bertz CT molecular complexity index is 4090. The Morgan fingerprint density at radius 1 is 0.707 bits per heavy atom. The predicted octanol–water partition coefficient (Wildman–Crippen LogP) is -1.32. The fourth-order valence-electron chi connectivity index (χ4n) is 19.7. The number of carbonyl (C=O) groups excluding carboxylic acids is 7. The first-order valence-electron chi connectivity index (χ1n) is 43.4. The number of likely N-dealkylation sites (N-methyl/N-ethyl adjacent to an activating group) is 1. The average molecular weight is 1800 g/mol. The molecule has 0 radical (unpaired) electrons. The molecule has 13 rings (SSSR count). The van der Waals surface area contributed by atoms with Gasteiger partial charge in [-0.05, 0) is 188 Å². The molecule has 2 aromatic rings. The predicted molar refractivity (Wildman–Crippen MR) is 442 cm³/mol. The molecular weight excluding hydrogens is 1670 g/mol. The topological polar surface area (TPSA) is 589 Å². The fraction of sp³-hybridized carbons (Fsp3) is 0.759. The number of aliphatic hydroxyl groups excluding tert-OH is 9. The summed E-state index contributed by atoms with van der Waals surface area (Å²) in [7, 11) is -2.56. The molecule has 11 aliphatic rings. The van der Waals surface area contributed by atoms with Crippen LogP contribution in [0.2, 0.25) is 0 Å². The molecule has 5 saturated carbocycles. The van der Waals surface area contributed by atoms with Crippen LogP contribution < -0.4 is 77.7 Å². The van der Waals surface area contributed by atoms with Crippen LogP contribution in [-0.4, -0.2) is 285 Å². The summed E-state index contributed by atoms with van der Waals surface area (Å²) in [6.45, 7) is 8.25. The lowest BCUT2D eigenvalue weighted by Gasteiger charge is -2.51. The number of primary amides is 1. The molecule has 5 unspecified atom stereocenters. The van der Waals surface area contributed by atoms with E-state index in [2.05, 4.69) is 54.2 Å². The zero-order chi connectivity index (χ0) is 89.4. The van der Waals surface area contributed by atoms with Gasteiger partial charge in [0.1, 0.15) is 72.5 Å². The van der Waals surface area contributed by atoms with Crippen LogP contribution in [0.4, 0.5) is 0 Å². The molecule has 123 heavy (non-hydrogen) atoms. The smallest absolute Gasteiger partial charge is 0.326 e. The van der Waals surface area contributed by atoms with Crippen molar-refractivity contribution in [3.05, 3.63) is 42.0 Å². The minimum absolute atomic E-state index is 0.0243. The molecule has 690 valence electrons. The summed E-state index contributed by atoms with van der Waals surface area (Å²) >= 11 is 14.9. The number of aliphatic carboxylic acids is 1. The number of halogens is 2. The van der Waals surface area contributed by atoms with E-state index in [9.17, 15) is 73.9 Å². The monoisotopic (exact) mass is 1800 g/mol. The molecule has 23 N–H and O–H groups in total. The van der Waals surface area contributed by atoms with Gasteiger partial charge in [0.2, 0.25) is 57.1 Å². The van der Waals surface area contributed by atoms with E-state index >= 15 is 24.0 Å². The van der Waals surface area contributed by atoms with Gasteiger partial charge in [-0.2, -0.15) is 0 Å². The number of amides is 7. The largest absolute Gasteiger partial charge is 0.494 e. The maximum atomic E-state index is 16.5. The number of nitrogens with one attached hydrogen (secondary N) is 9. The summed E-state index contributed by atoms with van der Waals surface area (Å²) in [6.07, 6.45) is -18.3. The highest BCUT2D eigenvalue weighted by molar-refractivity contribution is 7.89. The van der Waals surface area contributed by atoms with Crippen LogP contribution in [0.15, 0.2) is 41.3 Å². The van der Waals surface area contributed by atoms with Crippen LogP contribution in [-0.2, 0) is 57.9 Å². The quantitative estimate of drug-likeness (QED) is 0.0364. The molecule has 7 amide bonds. The Morgan fingerprint density at radius 2 is 1.34 bits per heavy atom. The Hall–Kier alpha value is -6.67. The number of carbonyl (C=O) groups is 8. The van der Waals surface area contributed by atoms with Crippen molar-refractivity contribution in [1.82, 2.24) is 47.3 Å². The number of rotatable bonds is 27. The number of ether oxygens (including phenoxy) is 6. The molecule has 32 atom stereocenters. The van der Waals surface area contributed by atoms with E-state index in [1.165, 1.54) is 31.3 Å². The molecule has 2 saturated heterocycles. The van der Waals surface area contributed by atoms with Gasteiger partial charge in [-0.3, -0.25) is 33.6 Å². The zero-order valence-corrected chi connectivity index (χ0v) is 72.6. The molecule has 0 aromatic heterocycles. The first-order valence-corrected chi connectivity index (χ1v) is 45.7. The minimum Gasteiger partial charge on any atom is -0.494 e.